The molecule has 2 fully saturated rings. The van der Waals surface area contributed by atoms with Gasteiger partial charge in [0.05, 0.1) is 16.7 Å². The van der Waals surface area contributed by atoms with Crippen LogP contribution in [0, 0.1) is 19.8 Å². The van der Waals surface area contributed by atoms with Crippen molar-refractivity contribution in [1.29, 1.82) is 0 Å². The van der Waals surface area contributed by atoms with Crippen LogP contribution in [0.25, 0.3) is 22.2 Å². The number of H-pyrrole nitrogens is 1. The third-order valence-electron chi connectivity index (χ3n) is 8.51. The summed E-state index contributed by atoms with van der Waals surface area (Å²) in [6.07, 6.45) is 4.94. The van der Waals surface area contributed by atoms with Crippen LogP contribution in [0.3, 0.4) is 0 Å². The van der Waals surface area contributed by atoms with Crippen molar-refractivity contribution in [3.63, 3.8) is 0 Å². The number of carbonyl (C=O) groups is 1. The van der Waals surface area contributed by atoms with E-state index in [-0.39, 0.29) is 12.1 Å². The summed E-state index contributed by atoms with van der Waals surface area (Å²) in [6.45, 7) is 16.2. The maximum Gasteiger partial charge on any atom is 0.410 e. The van der Waals surface area contributed by atoms with Crippen molar-refractivity contribution in [2.24, 2.45) is 5.92 Å². The summed E-state index contributed by atoms with van der Waals surface area (Å²) in [5.41, 5.74) is 8.44. The molecule has 9 nitrogen and oxygen atoms in total. The van der Waals surface area contributed by atoms with Crippen molar-refractivity contribution in [1.82, 2.24) is 34.5 Å². The lowest BCUT2D eigenvalue weighted by Crippen LogP contribution is -2.50. The van der Waals surface area contributed by atoms with Crippen LogP contribution in [0.15, 0.2) is 36.5 Å². The smallest absolute Gasteiger partial charge is 0.410 e. The minimum absolute atomic E-state index is 0.220. The Kier molecular flexibility index (Phi) is 7.55. The topological polar surface area (TPSA) is 92.2 Å². The van der Waals surface area contributed by atoms with Gasteiger partial charge in [-0.1, -0.05) is 6.07 Å². The minimum Gasteiger partial charge on any atom is -0.444 e. The van der Waals surface area contributed by atoms with Crippen molar-refractivity contribution in [3.8, 4) is 11.1 Å². The SMILES string of the molecule is Cc1nn(CC2CC2)c(C)c1-c1ccc2nc(Cc3cc(C(C)N4CCN(C(=O)OC(C)(C)C)CC4)ccn3)[nH]c2c1. The summed E-state index contributed by atoms with van der Waals surface area (Å²) in [4.78, 5) is 29.8. The van der Waals surface area contributed by atoms with Crippen LogP contribution in [0.5, 0.6) is 0 Å². The van der Waals surface area contributed by atoms with E-state index in [2.05, 4.69) is 70.7 Å². The molecule has 1 saturated carbocycles. The van der Waals surface area contributed by atoms with E-state index in [0.717, 1.165) is 53.8 Å². The van der Waals surface area contributed by atoms with Crippen molar-refractivity contribution < 1.29 is 9.53 Å². The van der Waals surface area contributed by atoms with E-state index in [1.165, 1.54) is 35.2 Å². The van der Waals surface area contributed by atoms with Crippen molar-refractivity contribution in [2.45, 2.75) is 79.0 Å². The molecule has 1 unspecified atom stereocenters. The number of amides is 1. The molecule has 1 aromatic carbocycles. The Morgan fingerprint density at radius 2 is 1.86 bits per heavy atom. The first kappa shape index (κ1) is 28.4. The number of nitrogens with zero attached hydrogens (tertiary/aromatic N) is 6. The van der Waals surface area contributed by atoms with Gasteiger partial charge in [-0.25, -0.2) is 9.78 Å². The summed E-state index contributed by atoms with van der Waals surface area (Å²) >= 11 is 0. The molecule has 2 aliphatic rings. The largest absolute Gasteiger partial charge is 0.444 e. The highest BCUT2D eigenvalue weighted by Gasteiger charge is 2.28. The number of aryl methyl sites for hydroxylation is 1. The van der Waals surface area contributed by atoms with E-state index in [4.69, 9.17) is 14.8 Å². The highest BCUT2D eigenvalue weighted by atomic mass is 16.6. The van der Waals surface area contributed by atoms with Gasteiger partial charge in [-0.3, -0.25) is 14.6 Å². The zero-order valence-corrected chi connectivity index (χ0v) is 25.8. The number of rotatable bonds is 7. The molecule has 4 heterocycles. The maximum absolute atomic E-state index is 12.5. The first-order valence-corrected chi connectivity index (χ1v) is 15.2. The number of piperazine rings is 1. The number of aromatic nitrogens is 5. The van der Waals surface area contributed by atoms with Gasteiger partial charge in [-0.05, 0) is 95.7 Å². The molecule has 1 atom stereocenters. The Labute approximate surface area is 248 Å². The molecule has 6 rings (SSSR count). The van der Waals surface area contributed by atoms with Gasteiger partial charge in [0.25, 0.3) is 0 Å². The number of hydrogen-bond acceptors (Lipinski definition) is 6. The number of fused-ring (bicyclic) bond motifs is 1. The Morgan fingerprint density at radius 3 is 2.57 bits per heavy atom. The second kappa shape index (κ2) is 11.2. The summed E-state index contributed by atoms with van der Waals surface area (Å²) in [6, 6.07) is 11.0. The lowest BCUT2D eigenvalue weighted by atomic mass is 10.0. The molecular formula is C33H43N7O2. The first-order valence-electron chi connectivity index (χ1n) is 15.2. The van der Waals surface area contributed by atoms with Gasteiger partial charge in [0.15, 0.2) is 0 Å². The maximum atomic E-state index is 12.5. The summed E-state index contributed by atoms with van der Waals surface area (Å²) < 4.78 is 7.74. The number of carbonyl (C=O) groups excluding carboxylic acids is 1. The van der Waals surface area contributed by atoms with E-state index in [0.29, 0.717) is 19.5 Å². The second-order valence-electron chi connectivity index (χ2n) is 13.0. The summed E-state index contributed by atoms with van der Waals surface area (Å²) in [7, 11) is 0. The zero-order chi connectivity index (χ0) is 29.6. The van der Waals surface area contributed by atoms with Crippen LogP contribution in [-0.4, -0.2) is 72.4 Å². The van der Waals surface area contributed by atoms with Gasteiger partial charge < -0.3 is 14.6 Å². The van der Waals surface area contributed by atoms with E-state index in [9.17, 15) is 4.79 Å². The molecule has 0 radical (unpaired) electrons. The van der Waals surface area contributed by atoms with Crippen LogP contribution in [0.1, 0.15) is 75.0 Å². The molecule has 0 spiro atoms. The quantitative estimate of drug-likeness (QED) is 0.291. The third kappa shape index (κ3) is 6.21. The zero-order valence-electron chi connectivity index (χ0n) is 25.8. The standard InChI is InChI=1S/C33H43N7O2/c1-21-31(23(3)40(37-21)20-24-7-8-24)26-9-10-28-29(18-26)36-30(35-28)19-27-17-25(11-12-34-27)22(2)38-13-15-39(16-14-38)32(41)42-33(4,5)6/h9-12,17-18,22,24H,7-8,13-16,19-20H2,1-6H3,(H,35,36). The van der Waals surface area contributed by atoms with Gasteiger partial charge >= 0.3 is 6.09 Å². The van der Waals surface area contributed by atoms with Crippen LogP contribution in [0.2, 0.25) is 0 Å². The van der Waals surface area contributed by atoms with Crippen LogP contribution in [0.4, 0.5) is 4.79 Å². The number of benzene rings is 1. The Balaban J connectivity index is 1.12. The molecule has 42 heavy (non-hydrogen) atoms. The lowest BCUT2D eigenvalue weighted by Gasteiger charge is -2.38. The molecule has 1 aliphatic carbocycles. The van der Waals surface area contributed by atoms with Crippen molar-refractivity contribution >= 4 is 17.1 Å². The molecule has 4 aromatic rings. The fraction of sp³-hybridized carbons (Fsp3) is 0.515. The molecule has 1 aliphatic heterocycles. The van der Waals surface area contributed by atoms with Crippen molar-refractivity contribution in [2.75, 3.05) is 26.2 Å². The van der Waals surface area contributed by atoms with Gasteiger partial charge in [0.2, 0.25) is 0 Å². The van der Waals surface area contributed by atoms with E-state index >= 15 is 0 Å². The molecule has 1 saturated heterocycles. The van der Waals surface area contributed by atoms with Gasteiger partial charge in [0.1, 0.15) is 11.4 Å². The highest BCUT2D eigenvalue weighted by Crippen LogP contribution is 2.34. The van der Waals surface area contributed by atoms with Crippen LogP contribution >= 0.6 is 0 Å². The van der Waals surface area contributed by atoms with Gasteiger partial charge in [-0.2, -0.15) is 5.10 Å². The summed E-state index contributed by atoms with van der Waals surface area (Å²) in [5.74, 6) is 1.70. The fourth-order valence-electron chi connectivity index (χ4n) is 5.99. The summed E-state index contributed by atoms with van der Waals surface area (Å²) in [5, 5.41) is 4.84. The number of pyridine rings is 1. The molecule has 1 N–H and O–H groups in total. The number of ether oxygens (including phenoxy) is 1. The minimum atomic E-state index is -0.478. The monoisotopic (exact) mass is 569 g/mol. The predicted octanol–water partition coefficient (Wildman–Crippen LogP) is 6.05. The van der Waals surface area contributed by atoms with E-state index < -0.39 is 5.60 Å². The molecule has 0 bridgehead atoms. The van der Waals surface area contributed by atoms with Gasteiger partial charge in [-0.15, -0.1) is 0 Å². The highest BCUT2D eigenvalue weighted by molar-refractivity contribution is 5.83. The van der Waals surface area contributed by atoms with Crippen molar-refractivity contribution in [3.05, 3.63) is 65.0 Å². The molecule has 3 aromatic heterocycles. The average Bonchev–Trinajstić information content (AvgIpc) is 3.61. The predicted molar refractivity (Wildman–Crippen MR) is 164 cm³/mol. The molecule has 9 heteroatoms. The molecular weight excluding hydrogens is 526 g/mol. The normalized spacial score (nSPS) is 17.1. The average molecular weight is 570 g/mol. The Bertz CT molecular complexity index is 1590. The third-order valence-corrected chi connectivity index (χ3v) is 8.51. The lowest BCUT2D eigenvalue weighted by molar-refractivity contribution is 0.0110. The Hall–Kier alpha value is -3.72. The number of nitrogens with one attached hydrogen (secondary N) is 1. The Morgan fingerprint density at radius 1 is 1.10 bits per heavy atom. The van der Waals surface area contributed by atoms with Crippen LogP contribution in [-0.2, 0) is 17.7 Å². The second-order valence-corrected chi connectivity index (χ2v) is 13.0. The number of aromatic amines is 1. The fourth-order valence-corrected chi connectivity index (χ4v) is 5.99. The van der Waals surface area contributed by atoms with Crippen LogP contribution < -0.4 is 0 Å². The van der Waals surface area contributed by atoms with E-state index in [1.54, 1.807) is 0 Å². The number of imidazole rings is 1. The first-order chi connectivity index (χ1) is 20.0. The molecule has 1 amide bonds. The number of hydrogen-bond donors (Lipinski definition) is 1. The van der Waals surface area contributed by atoms with E-state index in [1.807, 2.05) is 31.9 Å². The molecule has 222 valence electrons. The van der Waals surface area contributed by atoms with Gasteiger partial charge in [0, 0.05) is 68.3 Å².